The number of carbonyl (C=O) groups excluding carboxylic acids is 1. The molecule has 1 unspecified atom stereocenters. The van der Waals surface area contributed by atoms with Gasteiger partial charge < -0.3 is 20.3 Å². The highest BCUT2D eigenvalue weighted by Crippen LogP contribution is 2.26. The summed E-state index contributed by atoms with van der Waals surface area (Å²) in [5.41, 5.74) is 1.16. The van der Waals surface area contributed by atoms with Gasteiger partial charge in [0.05, 0.1) is 7.11 Å². The second kappa shape index (κ2) is 7.11. The van der Waals surface area contributed by atoms with Gasteiger partial charge in [-0.3, -0.25) is 0 Å². The Morgan fingerprint density at radius 3 is 2.78 bits per heavy atom. The molecule has 2 N–H and O–H groups in total. The molecular weight excluding hydrogens is 290 g/mol. The normalized spacial score (nSPS) is 27.0. The number of nitrogens with one attached hydrogen (secondary N) is 2. The molecule has 1 aromatic carbocycles. The topological polar surface area (TPSA) is 53.6 Å². The smallest absolute Gasteiger partial charge is 0.315 e. The SMILES string of the molecule is COc1cccc(N2CCCC(NC(=O)NC3CC(C)C3)C2)c1. The van der Waals surface area contributed by atoms with E-state index in [1.165, 1.54) is 0 Å². The van der Waals surface area contributed by atoms with Crippen molar-refractivity contribution in [2.75, 3.05) is 25.1 Å². The molecule has 5 heteroatoms. The van der Waals surface area contributed by atoms with E-state index in [0.29, 0.717) is 6.04 Å². The van der Waals surface area contributed by atoms with Gasteiger partial charge in [0.15, 0.2) is 0 Å². The summed E-state index contributed by atoms with van der Waals surface area (Å²) in [6, 6.07) is 8.67. The Morgan fingerprint density at radius 2 is 2.04 bits per heavy atom. The van der Waals surface area contributed by atoms with Crippen LogP contribution in [-0.2, 0) is 0 Å². The van der Waals surface area contributed by atoms with Crippen LogP contribution in [0.25, 0.3) is 0 Å². The van der Waals surface area contributed by atoms with Gasteiger partial charge in [-0.25, -0.2) is 4.79 Å². The second-order valence-electron chi connectivity index (χ2n) is 6.88. The molecule has 1 aliphatic heterocycles. The maximum Gasteiger partial charge on any atom is 0.315 e. The molecular formula is C18H27N3O2. The van der Waals surface area contributed by atoms with E-state index in [-0.39, 0.29) is 12.1 Å². The summed E-state index contributed by atoms with van der Waals surface area (Å²) in [5, 5.41) is 6.22. The molecule has 0 aromatic heterocycles. The fourth-order valence-electron chi connectivity index (χ4n) is 3.57. The number of benzene rings is 1. The number of anilines is 1. The van der Waals surface area contributed by atoms with Crippen LogP contribution in [0.2, 0.25) is 0 Å². The second-order valence-corrected chi connectivity index (χ2v) is 6.88. The first-order valence-electron chi connectivity index (χ1n) is 8.60. The maximum atomic E-state index is 12.1. The van der Waals surface area contributed by atoms with Gasteiger partial charge in [0.1, 0.15) is 5.75 Å². The summed E-state index contributed by atoms with van der Waals surface area (Å²) in [6.07, 6.45) is 4.33. The first-order chi connectivity index (χ1) is 11.1. The third kappa shape index (κ3) is 4.09. The van der Waals surface area contributed by atoms with Crippen molar-refractivity contribution in [2.45, 2.75) is 44.7 Å². The average Bonchev–Trinajstić information content (AvgIpc) is 2.53. The Kier molecular flexibility index (Phi) is 4.94. The summed E-state index contributed by atoms with van der Waals surface area (Å²) in [7, 11) is 1.69. The van der Waals surface area contributed by atoms with E-state index in [1.54, 1.807) is 7.11 Å². The molecule has 0 spiro atoms. The van der Waals surface area contributed by atoms with Crippen LogP contribution in [0.4, 0.5) is 10.5 Å². The molecule has 2 aliphatic rings. The van der Waals surface area contributed by atoms with Gasteiger partial charge in [0, 0.05) is 36.9 Å². The molecule has 1 saturated carbocycles. The van der Waals surface area contributed by atoms with Crippen molar-refractivity contribution in [1.29, 1.82) is 0 Å². The van der Waals surface area contributed by atoms with Crippen LogP contribution in [0.1, 0.15) is 32.6 Å². The molecule has 3 rings (SSSR count). The van der Waals surface area contributed by atoms with Crippen molar-refractivity contribution >= 4 is 11.7 Å². The summed E-state index contributed by atoms with van der Waals surface area (Å²) < 4.78 is 5.30. The van der Waals surface area contributed by atoms with Crippen molar-refractivity contribution in [3.63, 3.8) is 0 Å². The third-order valence-corrected chi connectivity index (χ3v) is 4.88. The number of piperidine rings is 1. The lowest BCUT2D eigenvalue weighted by Gasteiger charge is -2.36. The average molecular weight is 317 g/mol. The molecule has 2 amide bonds. The standard InChI is InChI=1S/C18H27N3O2/c1-13-9-15(10-13)20-18(22)19-14-5-4-8-21(12-14)16-6-3-7-17(11-16)23-2/h3,6-7,11,13-15H,4-5,8-10,12H2,1-2H3,(H2,19,20,22). The molecule has 0 radical (unpaired) electrons. The molecule has 1 aliphatic carbocycles. The molecule has 2 fully saturated rings. The molecule has 1 atom stereocenters. The third-order valence-electron chi connectivity index (χ3n) is 4.88. The van der Waals surface area contributed by atoms with Crippen LogP contribution in [-0.4, -0.2) is 38.3 Å². The Morgan fingerprint density at radius 1 is 1.26 bits per heavy atom. The zero-order valence-electron chi connectivity index (χ0n) is 14.0. The highest BCUT2D eigenvalue weighted by molar-refractivity contribution is 5.74. The van der Waals surface area contributed by atoms with E-state index in [0.717, 1.165) is 56.1 Å². The monoisotopic (exact) mass is 317 g/mol. The van der Waals surface area contributed by atoms with Gasteiger partial charge in [-0.1, -0.05) is 13.0 Å². The van der Waals surface area contributed by atoms with Gasteiger partial charge in [-0.2, -0.15) is 0 Å². The van der Waals surface area contributed by atoms with E-state index >= 15 is 0 Å². The van der Waals surface area contributed by atoms with Gasteiger partial charge >= 0.3 is 6.03 Å². The Labute approximate surface area is 138 Å². The molecule has 1 saturated heterocycles. The number of methoxy groups -OCH3 is 1. The van der Waals surface area contributed by atoms with Crippen molar-refractivity contribution in [3.05, 3.63) is 24.3 Å². The minimum atomic E-state index is -0.0145. The van der Waals surface area contributed by atoms with Gasteiger partial charge in [0.25, 0.3) is 0 Å². The quantitative estimate of drug-likeness (QED) is 0.898. The summed E-state index contributed by atoms with van der Waals surface area (Å²) >= 11 is 0. The Hall–Kier alpha value is -1.91. The van der Waals surface area contributed by atoms with Crippen LogP contribution in [0, 0.1) is 5.92 Å². The van der Waals surface area contributed by atoms with E-state index < -0.39 is 0 Å². The Balaban J connectivity index is 1.52. The minimum Gasteiger partial charge on any atom is -0.497 e. The van der Waals surface area contributed by atoms with Crippen LogP contribution in [0.15, 0.2) is 24.3 Å². The van der Waals surface area contributed by atoms with Crippen molar-refractivity contribution < 1.29 is 9.53 Å². The van der Waals surface area contributed by atoms with Crippen LogP contribution >= 0.6 is 0 Å². The van der Waals surface area contributed by atoms with Crippen molar-refractivity contribution in [2.24, 2.45) is 5.92 Å². The number of nitrogens with zero attached hydrogens (tertiary/aromatic N) is 1. The summed E-state index contributed by atoms with van der Waals surface area (Å²) in [5.74, 6) is 1.62. The fraction of sp³-hybridized carbons (Fsp3) is 0.611. The van der Waals surface area contributed by atoms with E-state index in [9.17, 15) is 4.79 Å². The minimum absolute atomic E-state index is 0.0145. The summed E-state index contributed by atoms with van der Waals surface area (Å²) in [6.45, 7) is 4.10. The molecule has 23 heavy (non-hydrogen) atoms. The molecule has 0 bridgehead atoms. The van der Waals surface area contributed by atoms with Gasteiger partial charge in [0.2, 0.25) is 0 Å². The molecule has 126 valence electrons. The number of amides is 2. The fourth-order valence-corrected chi connectivity index (χ4v) is 3.57. The van der Waals surface area contributed by atoms with Crippen molar-refractivity contribution in [3.8, 4) is 5.75 Å². The van der Waals surface area contributed by atoms with Gasteiger partial charge in [-0.15, -0.1) is 0 Å². The maximum absolute atomic E-state index is 12.1. The molecule has 1 heterocycles. The number of carbonyl (C=O) groups is 1. The number of ether oxygens (including phenoxy) is 1. The lowest BCUT2D eigenvalue weighted by molar-refractivity contribution is 0.206. The zero-order chi connectivity index (χ0) is 16.2. The van der Waals surface area contributed by atoms with Gasteiger partial charge in [-0.05, 0) is 43.7 Å². The first kappa shape index (κ1) is 16.0. The number of hydrogen-bond donors (Lipinski definition) is 2. The lowest BCUT2D eigenvalue weighted by Crippen LogP contribution is -2.54. The Bertz CT molecular complexity index is 543. The predicted octanol–water partition coefficient (Wildman–Crippen LogP) is 2.76. The predicted molar refractivity (Wildman–Crippen MR) is 92.1 cm³/mol. The zero-order valence-corrected chi connectivity index (χ0v) is 14.0. The number of hydrogen-bond acceptors (Lipinski definition) is 3. The molecule has 5 nitrogen and oxygen atoms in total. The summed E-state index contributed by atoms with van der Waals surface area (Å²) in [4.78, 5) is 14.4. The lowest BCUT2D eigenvalue weighted by atomic mass is 9.82. The van der Waals surface area contributed by atoms with E-state index in [4.69, 9.17) is 4.74 Å². The highest BCUT2D eigenvalue weighted by Gasteiger charge is 2.28. The van der Waals surface area contributed by atoms with Crippen LogP contribution in [0.5, 0.6) is 5.75 Å². The van der Waals surface area contributed by atoms with Crippen LogP contribution < -0.4 is 20.3 Å². The largest absolute Gasteiger partial charge is 0.497 e. The first-order valence-corrected chi connectivity index (χ1v) is 8.60. The molecule has 1 aromatic rings. The van der Waals surface area contributed by atoms with Crippen molar-refractivity contribution in [1.82, 2.24) is 10.6 Å². The highest BCUT2D eigenvalue weighted by atomic mass is 16.5. The number of urea groups is 1. The van der Waals surface area contributed by atoms with E-state index in [1.807, 2.05) is 12.1 Å². The number of rotatable bonds is 4. The van der Waals surface area contributed by atoms with Crippen LogP contribution in [0.3, 0.4) is 0 Å². The van der Waals surface area contributed by atoms with E-state index in [2.05, 4.69) is 34.6 Å².